The van der Waals surface area contributed by atoms with E-state index in [9.17, 15) is 0 Å². The lowest BCUT2D eigenvalue weighted by molar-refractivity contribution is 0.712. The van der Waals surface area contributed by atoms with Crippen molar-refractivity contribution in [2.24, 2.45) is 7.05 Å². The molecular formula is C13H13IN4. The summed E-state index contributed by atoms with van der Waals surface area (Å²) in [6, 6.07) is 2.15. The summed E-state index contributed by atoms with van der Waals surface area (Å²) in [5.74, 6) is 1.44. The highest BCUT2D eigenvalue weighted by molar-refractivity contribution is 14.1. The van der Waals surface area contributed by atoms with E-state index in [2.05, 4.69) is 43.7 Å². The molecule has 0 aromatic carbocycles. The number of rotatable bonds is 3. The predicted molar refractivity (Wildman–Crippen MR) is 78.9 cm³/mol. The zero-order chi connectivity index (χ0) is 12.5. The van der Waals surface area contributed by atoms with Gasteiger partial charge < -0.3 is 0 Å². The normalized spacial score (nSPS) is 15.4. The summed E-state index contributed by atoms with van der Waals surface area (Å²) < 4.78 is 3.02. The fourth-order valence-corrected chi connectivity index (χ4v) is 2.19. The lowest BCUT2D eigenvalue weighted by atomic mass is 10.2. The number of hydrogen-bond donors (Lipinski definition) is 0. The molecule has 0 saturated heterocycles. The minimum atomic E-state index is 0.717. The van der Waals surface area contributed by atoms with Crippen LogP contribution in [0.15, 0.2) is 18.5 Å². The van der Waals surface area contributed by atoms with Crippen molar-refractivity contribution >= 4 is 34.7 Å². The average Bonchev–Trinajstić information content (AvgIpc) is 3.13. The molecule has 0 bridgehead atoms. The molecule has 92 valence electrons. The van der Waals surface area contributed by atoms with Crippen LogP contribution in [0.2, 0.25) is 0 Å². The molecule has 0 N–H and O–H groups in total. The molecule has 0 atom stereocenters. The maximum absolute atomic E-state index is 4.48. The molecule has 0 spiro atoms. The van der Waals surface area contributed by atoms with Crippen LogP contribution in [0.1, 0.15) is 36.0 Å². The molecule has 1 aliphatic rings. The SMILES string of the molecule is Cn1nc(/C=C/c2ncc(I)cn2)cc1C1CC1. The van der Waals surface area contributed by atoms with E-state index in [1.165, 1.54) is 18.5 Å². The first-order valence-corrected chi connectivity index (χ1v) is 7.00. The fourth-order valence-electron chi connectivity index (χ4n) is 1.92. The predicted octanol–water partition coefficient (Wildman–Crippen LogP) is 2.86. The Morgan fingerprint density at radius 1 is 1.28 bits per heavy atom. The van der Waals surface area contributed by atoms with Crippen LogP contribution in [-0.2, 0) is 7.05 Å². The second-order valence-electron chi connectivity index (χ2n) is 4.48. The van der Waals surface area contributed by atoms with Crippen LogP contribution in [0.3, 0.4) is 0 Å². The molecule has 0 unspecified atom stereocenters. The number of halogens is 1. The summed E-state index contributed by atoms with van der Waals surface area (Å²) >= 11 is 2.19. The second-order valence-corrected chi connectivity index (χ2v) is 5.73. The molecule has 2 heterocycles. The van der Waals surface area contributed by atoms with Crippen molar-refractivity contribution in [1.82, 2.24) is 19.7 Å². The van der Waals surface area contributed by atoms with E-state index in [4.69, 9.17) is 0 Å². The topological polar surface area (TPSA) is 43.6 Å². The van der Waals surface area contributed by atoms with Gasteiger partial charge in [-0.3, -0.25) is 4.68 Å². The third kappa shape index (κ3) is 2.60. The maximum Gasteiger partial charge on any atom is 0.151 e. The molecule has 18 heavy (non-hydrogen) atoms. The molecule has 3 rings (SSSR count). The van der Waals surface area contributed by atoms with Gasteiger partial charge in [-0.1, -0.05) is 0 Å². The minimum Gasteiger partial charge on any atom is -0.272 e. The maximum atomic E-state index is 4.48. The van der Waals surface area contributed by atoms with Crippen LogP contribution >= 0.6 is 22.6 Å². The van der Waals surface area contributed by atoms with Crippen molar-refractivity contribution in [1.29, 1.82) is 0 Å². The van der Waals surface area contributed by atoms with Gasteiger partial charge in [0, 0.05) is 34.6 Å². The van der Waals surface area contributed by atoms with Crippen LogP contribution in [0.4, 0.5) is 0 Å². The highest BCUT2D eigenvalue weighted by Crippen LogP contribution is 2.40. The van der Waals surface area contributed by atoms with E-state index in [1.54, 1.807) is 12.4 Å². The number of aromatic nitrogens is 4. The number of aryl methyl sites for hydroxylation is 1. The van der Waals surface area contributed by atoms with Gasteiger partial charge in [0.05, 0.1) is 5.69 Å². The van der Waals surface area contributed by atoms with Crippen molar-refractivity contribution in [2.75, 3.05) is 0 Å². The average molecular weight is 352 g/mol. The Balaban J connectivity index is 1.79. The van der Waals surface area contributed by atoms with Gasteiger partial charge in [0.25, 0.3) is 0 Å². The van der Waals surface area contributed by atoms with Gasteiger partial charge in [-0.25, -0.2) is 9.97 Å². The summed E-state index contributed by atoms with van der Waals surface area (Å²) in [6.45, 7) is 0. The summed E-state index contributed by atoms with van der Waals surface area (Å²) in [4.78, 5) is 8.46. The van der Waals surface area contributed by atoms with Gasteiger partial charge in [-0.15, -0.1) is 0 Å². The van der Waals surface area contributed by atoms with Gasteiger partial charge in [-0.2, -0.15) is 5.10 Å². The molecule has 0 amide bonds. The summed E-state index contributed by atoms with van der Waals surface area (Å²) in [5.41, 5.74) is 2.31. The smallest absolute Gasteiger partial charge is 0.151 e. The first-order chi connectivity index (χ1) is 8.72. The lowest BCUT2D eigenvalue weighted by Crippen LogP contribution is -1.95. The van der Waals surface area contributed by atoms with Crippen LogP contribution in [-0.4, -0.2) is 19.7 Å². The first-order valence-electron chi connectivity index (χ1n) is 5.92. The Morgan fingerprint density at radius 2 is 2.00 bits per heavy atom. The highest BCUT2D eigenvalue weighted by Gasteiger charge is 2.26. The standard InChI is InChI=1S/C13H13IN4/c1-18-12(9-2-3-9)6-11(17-18)4-5-13-15-7-10(14)8-16-13/h4-9H,2-3H2,1H3/b5-4+. The molecule has 2 aromatic rings. The van der Waals surface area contributed by atoms with E-state index in [0.29, 0.717) is 5.82 Å². The van der Waals surface area contributed by atoms with E-state index in [-0.39, 0.29) is 0 Å². The van der Waals surface area contributed by atoms with E-state index >= 15 is 0 Å². The molecule has 1 aliphatic carbocycles. The molecule has 2 aromatic heterocycles. The van der Waals surface area contributed by atoms with Crippen molar-refractivity contribution < 1.29 is 0 Å². The van der Waals surface area contributed by atoms with Crippen LogP contribution < -0.4 is 0 Å². The Bertz CT molecular complexity index is 582. The Morgan fingerprint density at radius 3 is 2.67 bits per heavy atom. The zero-order valence-electron chi connectivity index (χ0n) is 10.0. The molecule has 0 radical (unpaired) electrons. The number of hydrogen-bond acceptors (Lipinski definition) is 3. The van der Waals surface area contributed by atoms with E-state index in [1.807, 2.05) is 23.9 Å². The molecule has 4 nitrogen and oxygen atoms in total. The number of nitrogens with zero attached hydrogens (tertiary/aromatic N) is 4. The molecule has 5 heteroatoms. The van der Waals surface area contributed by atoms with Crippen LogP contribution in [0, 0.1) is 3.57 Å². The first kappa shape index (κ1) is 11.8. The van der Waals surface area contributed by atoms with Gasteiger partial charge in [0.1, 0.15) is 0 Å². The molecule has 1 fully saturated rings. The quantitative estimate of drug-likeness (QED) is 0.798. The largest absolute Gasteiger partial charge is 0.272 e. The van der Waals surface area contributed by atoms with Crippen molar-refractivity contribution in [3.8, 4) is 0 Å². The zero-order valence-corrected chi connectivity index (χ0v) is 12.2. The Labute approximate surface area is 119 Å². The van der Waals surface area contributed by atoms with Gasteiger partial charge in [0.15, 0.2) is 5.82 Å². The monoisotopic (exact) mass is 352 g/mol. The Hall–Kier alpha value is -1.24. The molecule has 1 saturated carbocycles. The van der Waals surface area contributed by atoms with Crippen LogP contribution in [0.5, 0.6) is 0 Å². The summed E-state index contributed by atoms with van der Waals surface area (Å²) in [7, 11) is 2.01. The van der Waals surface area contributed by atoms with Crippen molar-refractivity contribution in [2.45, 2.75) is 18.8 Å². The minimum absolute atomic E-state index is 0.717. The lowest BCUT2D eigenvalue weighted by Gasteiger charge is -1.94. The van der Waals surface area contributed by atoms with Crippen molar-refractivity contribution in [3.63, 3.8) is 0 Å². The van der Waals surface area contributed by atoms with E-state index in [0.717, 1.165) is 15.2 Å². The van der Waals surface area contributed by atoms with E-state index < -0.39 is 0 Å². The van der Waals surface area contributed by atoms with Gasteiger partial charge in [0.2, 0.25) is 0 Å². The second kappa shape index (κ2) is 4.79. The summed E-state index contributed by atoms with van der Waals surface area (Å²) in [6.07, 6.45) is 10.1. The van der Waals surface area contributed by atoms with Gasteiger partial charge >= 0.3 is 0 Å². The van der Waals surface area contributed by atoms with Crippen molar-refractivity contribution in [3.05, 3.63) is 39.2 Å². The Kier molecular flexibility index (Phi) is 3.15. The fraction of sp³-hybridized carbons (Fsp3) is 0.308. The third-order valence-corrected chi connectivity index (χ3v) is 3.53. The van der Waals surface area contributed by atoms with Gasteiger partial charge in [-0.05, 0) is 53.7 Å². The van der Waals surface area contributed by atoms with Crippen LogP contribution in [0.25, 0.3) is 12.2 Å². The summed E-state index contributed by atoms with van der Waals surface area (Å²) in [5, 5.41) is 4.48. The molecular weight excluding hydrogens is 339 g/mol. The molecule has 0 aliphatic heterocycles. The third-order valence-electron chi connectivity index (χ3n) is 2.97. The highest BCUT2D eigenvalue weighted by atomic mass is 127.